The maximum Gasteiger partial charge on any atom is 0.433 e. The summed E-state index contributed by atoms with van der Waals surface area (Å²) < 4.78 is 5.34. The van der Waals surface area contributed by atoms with Gasteiger partial charge in [0.2, 0.25) is 0 Å². The number of nitrogens with one attached hydrogen (secondary N) is 2. The summed E-state index contributed by atoms with van der Waals surface area (Å²) in [6, 6.07) is 9.54. The third kappa shape index (κ3) is 2.50. The highest BCUT2D eigenvalue weighted by Gasteiger charge is 2.43. The fraction of sp³-hybridized carbons (Fsp3) is 0.200. The molecule has 1 aromatic carbocycles. The third-order valence-electron chi connectivity index (χ3n) is 4.02. The van der Waals surface area contributed by atoms with Gasteiger partial charge in [-0.3, -0.25) is 14.9 Å². The molecule has 4 rings (SSSR count). The van der Waals surface area contributed by atoms with Crippen LogP contribution in [0.5, 0.6) is 0 Å². The van der Waals surface area contributed by atoms with Crippen LogP contribution in [0.4, 0.5) is 11.6 Å². The molecule has 0 saturated heterocycles. The van der Waals surface area contributed by atoms with Gasteiger partial charge in [0.25, 0.3) is 5.91 Å². The van der Waals surface area contributed by atoms with Crippen molar-refractivity contribution in [2.45, 2.75) is 12.2 Å². The number of thioether (sulfide) groups is 1. The van der Waals surface area contributed by atoms with Crippen molar-refractivity contribution in [2.24, 2.45) is 5.10 Å². The van der Waals surface area contributed by atoms with Crippen LogP contribution in [-0.4, -0.2) is 27.3 Å². The van der Waals surface area contributed by atoms with Gasteiger partial charge in [0, 0.05) is 11.3 Å². The predicted molar refractivity (Wildman–Crippen MR) is 91.8 cm³/mol. The first-order valence-electron chi connectivity index (χ1n) is 7.40. The minimum atomic E-state index is -0.650. The van der Waals surface area contributed by atoms with Crippen LogP contribution < -0.4 is 10.6 Å². The number of amides is 1. The zero-order valence-electron chi connectivity index (χ0n) is 13.0. The van der Waals surface area contributed by atoms with Gasteiger partial charge in [0.05, 0.1) is 6.07 Å². The number of hydrogen-bond acceptors (Lipinski definition) is 8. The molecule has 2 N–H and O–H groups in total. The quantitative estimate of drug-likeness (QED) is 0.625. The van der Waals surface area contributed by atoms with E-state index in [4.69, 9.17) is 4.42 Å². The fourth-order valence-electron chi connectivity index (χ4n) is 2.93. The van der Waals surface area contributed by atoms with E-state index in [-0.39, 0.29) is 11.8 Å². The van der Waals surface area contributed by atoms with E-state index in [1.165, 1.54) is 23.9 Å². The van der Waals surface area contributed by atoms with E-state index in [9.17, 15) is 14.9 Å². The molecule has 0 fully saturated rings. The number of amidine groups is 1. The molecule has 1 amide bonds. The standard InChI is InChI=1S/C15H13N5O4S/c1-25-15-17-14(21)12-8-4-2-3-5-9(8)16-13(19(12)18-15)10-6-7-11(24-10)20(22)23/h2-7,12-13,16H,1H3,(H,17,18,21)/t12-,13-/m1/s1. The highest BCUT2D eigenvalue weighted by atomic mass is 32.2. The highest BCUT2D eigenvalue weighted by molar-refractivity contribution is 8.13. The van der Waals surface area contributed by atoms with Crippen molar-refractivity contribution >= 4 is 34.4 Å². The van der Waals surface area contributed by atoms with Crippen molar-refractivity contribution in [3.05, 3.63) is 57.8 Å². The highest BCUT2D eigenvalue weighted by Crippen LogP contribution is 2.43. The lowest BCUT2D eigenvalue weighted by atomic mass is 9.99. The van der Waals surface area contributed by atoms with Gasteiger partial charge in [-0.1, -0.05) is 30.0 Å². The molecule has 2 atom stereocenters. The van der Waals surface area contributed by atoms with Gasteiger partial charge in [-0.15, -0.1) is 5.10 Å². The van der Waals surface area contributed by atoms with Crippen molar-refractivity contribution in [3.8, 4) is 0 Å². The van der Waals surface area contributed by atoms with Gasteiger partial charge in [-0.2, -0.15) is 0 Å². The number of nitrogens with zero attached hydrogens (tertiary/aromatic N) is 3. The minimum Gasteiger partial charge on any atom is -0.401 e. The molecule has 0 aliphatic carbocycles. The van der Waals surface area contributed by atoms with Crippen LogP contribution in [-0.2, 0) is 4.79 Å². The number of furan rings is 1. The first-order valence-corrected chi connectivity index (χ1v) is 8.62. The van der Waals surface area contributed by atoms with Crippen LogP contribution in [0.25, 0.3) is 0 Å². The first-order chi connectivity index (χ1) is 12.1. The average Bonchev–Trinajstić information content (AvgIpc) is 3.10. The van der Waals surface area contributed by atoms with Crippen molar-refractivity contribution in [3.63, 3.8) is 0 Å². The van der Waals surface area contributed by atoms with Crippen molar-refractivity contribution < 1.29 is 14.1 Å². The van der Waals surface area contributed by atoms with Gasteiger partial charge < -0.3 is 15.1 Å². The maximum absolute atomic E-state index is 12.6. The Labute approximate surface area is 146 Å². The van der Waals surface area contributed by atoms with Crippen LogP contribution in [0, 0.1) is 10.1 Å². The second-order valence-electron chi connectivity index (χ2n) is 5.45. The molecule has 0 radical (unpaired) electrons. The summed E-state index contributed by atoms with van der Waals surface area (Å²) in [7, 11) is 0. The number of benzene rings is 1. The Balaban J connectivity index is 1.83. The van der Waals surface area contributed by atoms with Crippen LogP contribution in [0.2, 0.25) is 0 Å². The van der Waals surface area contributed by atoms with E-state index in [1.807, 2.05) is 24.3 Å². The number of nitro groups is 1. The second-order valence-corrected chi connectivity index (χ2v) is 6.24. The van der Waals surface area contributed by atoms with E-state index < -0.39 is 17.1 Å². The molecule has 2 aliphatic rings. The minimum absolute atomic E-state index is 0.209. The Morgan fingerprint density at radius 2 is 2.12 bits per heavy atom. The monoisotopic (exact) mass is 359 g/mol. The Morgan fingerprint density at radius 3 is 2.84 bits per heavy atom. The molecule has 9 nitrogen and oxygen atoms in total. The summed E-state index contributed by atoms with van der Waals surface area (Å²) in [5, 5.41) is 23.4. The zero-order chi connectivity index (χ0) is 17.6. The molecule has 128 valence electrons. The Hall–Kier alpha value is -3.01. The van der Waals surface area contributed by atoms with Crippen LogP contribution in [0.3, 0.4) is 0 Å². The molecule has 2 aromatic rings. The number of anilines is 1. The zero-order valence-corrected chi connectivity index (χ0v) is 13.8. The molecular formula is C15H13N5O4S. The molecule has 0 bridgehead atoms. The summed E-state index contributed by atoms with van der Waals surface area (Å²) in [5.74, 6) is -0.257. The second kappa shape index (κ2) is 5.81. The number of para-hydroxylation sites is 1. The summed E-state index contributed by atoms with van der Waals surface area (Å²) in [4.78, 5) is 22.9. The molecule has 3 heterocycles. The lowest BCUT2D eigenvalue weighted by Gasteiger charge is -2.42. The van der Waals surface area contributed by atoms with Crippen molar-refractivity contribution in [2.75, 3.05) is 11.6 Å². The molecule has 0 saturated carbocycles. The largest absolute Gasteiger partial charge is 0.433 e. The van der Waals surface area contributed by atoms with Crippen molar-refractivity contribution in [1.29, 1.82) is 0 Å². The van der Waals surface area contributed by atoms with E-state index >= 15 is 0 Å². The Kier molecular flexibility index (Phi) is 3.61. The van der Waals surface area contributed by atoms with Gasteiger partial charge >= 0.3 is 5.88 Å². The Bertz CT molecular complexity index is 896. The first kappa shape index (κ1) is 15.5. The number of carbonyl (C=O) groups excluding carboxylic acids is 1. The SMILES string of the molecule is CSC1=NN2[C@H](c3ccc([N+](=O)[O-])o3)Nc3ccccc3[C@@H]2C(=O)N1. The van der Waals surface area contributed by atoms with E-state index in [1.54, 1.807) is 11.3 Å². The lowest BCUT2D eigenvalue weighted by Crippen LogP contribution is -2.50. The molecule has 1 aromatic heterocycles. The van der Waals surface area contributed by atoms with Crippen LogP contribution in [0.15, 0.2) is 45.9 Å². The summed E-state index contributed by atoms with van der Waals surface area (Å²) in [5.41, 5.74) is 1.53. The maximum atomic E-state index is 12.6. The molecule has 2 aliphatic heterocycles. The van der Waals surface area contributed by atoms with Crippen LogP contribution >= 0.6 is 11.8 Å². The normalized spacial score (nSPS) is 21.6. The van der Waals surface area contributed by atoms with Crippen molar-refractivity contribution in [1.82, 2.24) is 10.3 Å². The van der Waals surface area contributed by atoms with Gasteiger partial charge in [0.1, 0.15) is 4.92 Å². The number of hydrazone groups is 1. The molecular weight excluding hydrogens is 346 g/mol. The fourth-order valence-corrected chi connectivity index (χ4v) is 3.31. The van der Waals surface area contributed by atoms with E-state index in [0.29, 0.717) is 10.9 Å². The Morgan fingerprint density at radius 1 is 1.32 bits per heavy atom. The topological polar surface area (TPSA) is 113 Å². The number of rotatable bonds is 2. The molecule has 0 spiro atoms. The predicted octanol–water partition coefficient (Wildman–Crippen LogP) is 2.42. The lowest BCUT2D eigenvalue weighted by molar-refractivity contribution is -0.402. The number of carbonyl (C=O) groups is 1. The van der Waals surface area contributed by atoms with Gasteiger partial charge in [0.15, 0.2) is 23.1 Å². The third-order valence-corrected chi connectivity index (χ3v) is 4.59. The number of fused-ring (bicyclic) bond motifs is 3. The summed E-state index contributed by atoms with van der Waals surface area (Å²) in [6.45, 7) is 0. The van der Waals surface area contributed by atoms with E-state index in [2.05, 4.69) is 15.7 Å². The smallest absolute Gasteiger partial charge is 0.401 e. The molecule has 25 heavy (non-hydrogen) atoms. The number of hydrogen-bond donors (Lipinski definition) is 2. The molecule has 10 heteroatoms. The van der Waals surface area contributed by atoms with Crippen LogP contribution in [0.1, 0.15) is 23.5 Å². The van der Waals surface area contributed by atoms with Gasteiger partial charge in [-0.25, -0.2) is 5.01 Å². The van der Waals surface area contributed by atoms with Gasteiger partial charge in [-0.05, 0) is 18.4 Å². The molecule has 0 unspecified atom stereocenters. The summed E-state index contributed by atoms with van der Waals surface area (Å²) >= 11 is 1.30. The summed E-state index contributed by atoms with van der Waals surface area (Å²) in [6.07, 6.45) is 1.17. The average molecular weight is 359 g/mol. The van der Waals surface area contributed by atoms with E-state index in [0.717, 1.165) is 11.3 Å².